The molecule has 1 atom stereocenters. The lowest BCUT2D eigenvalue weighted by molar-refractivity contribution is -0.384. The molecule has 1 aliphatic rings. The fourth-order valence-corrected chi connectivity index (χ4v) is 1.97. The molecule has 1 aromatic rings. The number of ether oxygens (including phenoxy) is 1. The molecule has 0 heterocycles. The van der Waals surface area contributed by atoms with Crippen molar-refractivity contribution in [3.63, 3.8) is 0 Å². The first-order valence-corrected chi connectivity index (χ1v) is 6.56. The van der Waals surface area contributed by atoms with Crippen molar-refractivity contribution in [2.45, 2.75) is 44.6 Å². The van der Waals surface area contributed by atoms with Gasteiger partial charge in [-0.1, -0.05) is 25.5 Å². The van der Waals surface area contributed by atoms with Crippen molar-refractivity contribution in [1.82, 2.24) is 0 Å². The van der Waals surface area contributed by atoms with E-state index in [9.17, 15) is 14.9 Å². The smallest absolute Gasteiger partial charge is 0.313 e. The van der Waals surface area contributed by atoms with Crippen LogP contribution in [0, 0.1) is 10.1 Å². The topological polar surface area (TPSA) is 69.4 Å². The molecule has 102 valence electrons. The minimum atomic E-state index is -0.443. The van der Waals surface area contributed by atoms with Crippen LogP contribution in [0.4, 0.5) is 5.69 Å². The summed E-state index contributed by atoms with van der Waals surface area (Å²) in [5.41, 5.74) is 0.827. The third-order valence-corrected chi connectivity index (χ3v) is 3.18. The third-order valence-electron chi connectivity index (χ3n) is 3.18. The van der Waals surface area contributed by atoms with Crippen molar-refractivity contribution in [2.75, 3.05) is 0 Å². The molecule has 1 unspecified atom stereocenters. The lowest BCUT2D eigenvalue weighted by atomic mass is 9.94. The first-order valence-electron chi connectivity index (χ1n) is 6.56. The Morgan fingerprint density at radius 3 is 2.53 bits per heavy atom. The number of esters is 1. The number of carbonyl (C=O) groups is 1. The molecular formula is C14H17NO4. The third kappa shape index (κ3) is 3.53. The van der Waals surface area contributed by atoms with Gasteiger partial charge < -0.3 is 4.74 Å². The zero-order valence-electron chi connectivity index (χ0n) is 10.9. The van der Waals surface area contributed by atoms with Gasteiger partial charge in [-0.3, -0.25) is 14.9 Å². The van der Waals surface area contributed by atoms with Crippen LogP contribution in [0.2, 0.25) is 0 Å². The van der Waals surface area contributed by atoms with Crippen LogP contribution in [-0.2, 0) is 9.53 Å². The largest absolute Gasteiger partial charge is 0.462 e. The highest BCUT2D eigenvalue weighted by Crippen LogP contribution is 2.30. The van der Waals surface area contributed by atoms with E-state index in [1.807, 2.05) is 6.92 Å². The molecule has 1 aliphatic carbocycles. The first kappa shape index (κ1) is 13.5. The van der Waals surface area contributed by atoms with E-state index in [0.717, 1.165) is 24.8 Å². The van der Waals surface area contributed by atoms with Crippen LogP contribution in [0.25, 0.3) is 0 Å². The molecule has 0 aliphatic heterocycles. The van der Waals surface area contributed by atoms with Gasteiger partial charge in [0.25, 0.3) is 5.69 Å². The summed E-state index contributed by atoms with van der Waals surface area (Å²) in [4.78, 5) is 22.2. The van der Waals surface area contributed by atoms with E-state index in [-0.39, 0.29) is 23.7 Å². The average molecular weight is 263 g/mol. The summed E-state index contributed by atoms with van der Waals surface area (Å²) in [6, 6.07) is 6.16. The van der Waals surface area contributed by atoms with Crippen molar-refractivity contribution < 1.29 is 14.5 Å². The zero-order valence-corrected chi connectivity index (χ0v) is 10.9. The molecule has 0 saturated heterocycles. The van der Waals surface area contributed by atoms with Crippen molar-refractivity contribution in [3.8, 4) is 0 Å². The maximum Gasteiger partial charge on any atom is 0.313 e. The molecule has 5 heteroatoms. The van der Waals surface area contributed by atoms with Gasteiger partial charge in [-0.05, 0) is 24.8 Å². The summed E-state index contributed by atoms with van der Waals surface area (Å²) in [6.07, 6.45) is 3.55. The van der Waals surface area contributed by atoms with Crippen LogP contribution in [0.1, 0.15) is 44.1 Å². The molecule has 0 bridgehead atoms. The number of nitrogens with zero attached hydrogens (tertiary/aromatic N) is 1. The minimum Gasteiger partial charge on any atom is -0.462 e. The Morgan fingerprint density at radius 1 is 1.42 bits per heavy atom. The van der Waals surface area contributed by atoms with Crippen LogP contribution >= 0.6 is 0 Å². The molecular weight excluding hydrogens is 246 g/mol. The van der Waals surface area contributed by atoms with Crippen molar-refractivity contribution in [1.29, 1.82) is 0 Å². The standard InChI is InChI=1S/C14H17NO4/c1-2-3-13(14(16)19-12-8-9-12)10-4-6-11(7-5-10)15(17)18/h4-7,12-13H,2-3,8-9H2,1H3. The predicted molar refractivity (Wildman–Crippen MR) is 69.9 cm³/mol. The number of hydrogen-bond acceptors (Lipinski definition) is 4. The summed E-state index contributed by atoms with van der Waals surface area (Å²) >= 11 is 0. The number of nitro benzene ring substituents is 1. The Balaban J connectivity index is 2.12. The van der Waals surface area contributed by atoms with Crippen LogP contribution in [-0.4, -0.2) is 17.0 Å². The number of rotatable bonds is 6. The van der Waals surface area contributed by atoms with Gasteiger partial charge in [-0.2, -0.15) is 0 Å². The Bertz CT molecular complexity index is 465. The lowest BCUT2D eigenvalue weighted by Crippen LogP contribution is -2.17. The number of nitro groups is 1. The highest BCUT2D eigenvalue weighted by Gasteiger charge is 2.30. The van der Waals surface area contributed by atoms with Gasteiger partial charge in [0, 0.05) is 12.1 Å². The Hall–Kier alpha value is -1.91. The fraction of sp³-hybridized carbons (Fsp3) is 0.500. The van der Waals surface area contributed by atoms with Crippen LogP contribution in [0.5, 0.6) is 0 Å². The highest BCUT2D eigenvalue weighted by atomic mass is 16.6. The summed E-state index contributed by atoms with van der Waals surface area (Å²) in [7, 11) is 0. The number of non-ortho nitro benzene ring substituents is 1. The number of carbonyl (C=O) groups excluding carboxylic acids is 1. The van der Waals surface area contributed by atoms with E-state index in [1.54, 1.807) is 12.1 Å². The Labute approximate surface area is 111 Å². The van der Waals surface area contributed by atoms with Gasteiger partial charge >= 0.3 is 5.97 Å². The van der Waals surface area contributed by atoms with E-state index in [2.05, 4.69) is 0 Å². The molecule has 1 aromatic carbocycles. The van der Waals surface area contributed by atoms with E-state index >= 15 is 0 Å². The second-order valence-corrected chi connectivity index (χ2v) is 4.83. The molecule has 5 nitrogen and oxygen atoms in total. The SMILES string of the molecule is CCCC(C(=O)OC1CC1)c1ccc([N+](=O)[O-])cc1. The number of hydrogen-bond donors (Lipinski definition) is 0. The molecule has 0 radical (unpaired) electrons. The van der Waals surface area contributed by atoms with Crippen LogP contribution in [0.3, 0.4) is 0 Å². The summed E-state index contributed by atoms with van der Waals surface area (Å²) in [5.74, 6) is -0.524. The second kappa shape index (κ2) is 5.82. The maximum atomic E-state index is 12.0. The summed E-state index contributed by atoms with van der Waals surface area (Å²) in [5, 5.41) is 10.6. The van der Waals surface area contributed by atoms with E-state index in [0.29, 0.717) is 6.42 Å². The van der Waals surface area contributed by atoms with Gasteiger partial charge in [0.15, 0.2) is 0 Å². The Morgan fingerprint density at radius 2 is 2.05 bits per heavy atom. The molecule has 0 aromatic heterocycles. The molecule has 0 spiro atoms. The molecule has 2 rings (SSSR count). The molecule has 0 amide bonds. The van der Waals surface area contributed by atoms with E-state index in [1.165, 1.54) is 12.1 Å². The maximum absolute atomic E-state index is 12.0. The van der Waals surface area contributed by atoms with E-state index < -0.39 is 4.92 Å². The van der Waals surface area contributed by atoms with Crippen molar-refractivity contribution in [2.24, 2.45) is 0 Å². The van der Waals surface area contributed by atoms with Gasteiger partial charge in [-0.15, -0.1) is 0 Å². The lowest BCUT2D eigenvalue weighted by Gasteiger charge is -2.15. The average Bonchev–Trinajstić information content (AvgIpc) is 3.20. The molecule has 1 saturated carbocycles. The van der Waals surface area contributed by atoms with Crippen LogP contribution in [0.15, 0.2) is 24.3 Å². The van der Waals surface area contributed by atoms with Gasteiger partial charge in [-0.25, -0.2) is 0 Å². The molecule has 0 N–H and O–H groups in total. The molecule has 19 heavy (non-hydrogen) atoms. The van der Waals surface area contributed by atoms with Crippen LogP contribution < -0.4 is 0 Å². The minimum absolute atomic E-state index is 0.0366. The van der Waals surface area contributed by atoms with Crippen molar-refractivity contribution >= 4 is 11.7 Å². The fourth-order valence-electron chi connectivity index (χ4n) is 1.97. The van der Waals surface area contributed by atoms with Gasteiger partial charge in [0.05, 0.1) is 10.8 Å². The molecule has 1 fully saturated rings. The van der Waals surface area contributed by atoms with Crippen molar-refractivity contribution in [3.05, 3.63) is 39.9 Å². The quantitative estimate of drug-likeness (QED) is 0.449. The predicted octanol–water partition coefficient (Wildman–Crippen LogP) is 3.18. The monoisotopic (exact) mass is 263 g/mol. The summed E-state index contributed by atoms with van der Waals surface area (Å²) in [6.45, 7) is 2.00. The second-order valence-electron chi connectivity index (χ2n) is 4.83. The van der Waals surface area contributed by atoms with Gasteiger partial charge in [0.1, 0.15) is 6.10 Å². The van der Waals surface area contributed by atoms with Gasteiger partial charge in [0.2, 0.25) is 0 Å². The first-order chi connectivity index (χ1) is 9.11. The van der Waals surface area contributed by atoms with E-state index in [4.69, 9.17) is 4.74 Å². The normalized spacial score (nSPS) is 15.8. The highest BCUT2D eigenvalue weighted by molar-refractivity contribution is 5.78. The Kier molecular flexibility index (Phi) is 4.14. The summed E-state index contributed by atoms with van der Waals surface area (Å²) < 4.78 is 5.34. The zero-order chi connectivity index (χ0) is 13.8. The number of benzene rings is 1.